The molecule has 1 aliphatic heterocycles. The lowest BCUT2D eigenvalue weighted by Crippen LogP contribution is -2.46. The van der Waals surface area contributed by atoms with Crippen molar-refractivity contribution < 1.29 is 13.2 Å². The Morgan fingerprint density at radius 2 is 2.20 bits per heavy atom. The van der Waals surface area contributed by atoms with Crippen LogP contribution in [0.3, 0.4) is 0 Å². The molecule has 0 aliphatic carbocycles. The normalized spacial score (nSPS) is 19.6. The zero-order chi connectivity index (χ0) is 14.6. The molecular weight excluding hydrogens is 278 g/mol. The van der Waals surface area contributed by atoms with Gasteiger partial charge in [0.1, 0.15) is 0 Å². The summed E-state index contributed by atoms with van der Waals surface area (Å²) in [7, 11) is -3.71. The molecule has 0 spiro atoms. The number of carbonyl (C=O) groups is 1. The van der Waals surface area contributed by atoms with Crippen molar-refractivity contribution in [3.63, 3.8) is 0 Å². The third kappa shape index (κ3) is 4.03. The molecule has 1 heterocycles. The van der Waals surface area contributed by atoms with Gasteiger partial charge in [0.25, 0.3) is 0 Å². The molecule has 1 aromatic rings. The van der Waals surface area contributed by atoms with Crippen LogP contribution in [-0.4, -0.2) is 26.9 Å². The second kappa shape index (κ2) is 6.34. The highest BCUT2D eigenvalue weighted by atomic mass is 32.2. The molecule has 20 heavy (non-hydrogen) atoms. The third-order valence-corrected chi connectivity index (χ3v) is 4.23. The summed E-state index contributed by atoms with van der Waals surface area (Å²) in [6.07, 6.45) is 2.98. The molecule has 1 saturated heterocycles. The largest absolute Gasteiger partial charge is 0.351 e. The van der Waals surface area contributed by atoms with Gasteiger partial charge >= 0.3 is 0 Å². The molecule has 1 aromatic carbocycles. The van der Waals surface area contributed by atoms with E-state index in [1.54, 1.807) is 12.1 Å². The number of nitrogens with two attached hydrogens (primary N) is 1. The summed E-state index contributed by atoms with van der Waals surface area (Å²) in [6.45, 7) is 1.15. The Morgan fingerprint density at radius 3 is 2.85 bits per heavy atom. The van der Waals surface area contributed by atoms with Crippen LogP contribution in [0.1, 0.15) is 24.8 Å². The SMILES string of the molecule is NS(=O)(=O)c1cccc(CNC(=O)[C@H]2CCCCN2)c1. The number of hydrogen-bond acceptors (Lipinski definition) is 4. The van der Waals surface area contributed by atoms with E-state index < -0.39 is 10.0 Å². The topological polar surface area (TPSA) is 101 Å². The van der Waals surface area contributed by atoms with Crippen molar-refractivity contribution in [1.82, 2.24) is 10.6 Å². The van der Waals surface area contributed by atoms with Crippen LogP contribution in [0.15, 0.2) is 29.2 Å². The van der Waals surface area contributed by atoms with E-state index in [1.807, 2.05) is 0 Å². The van der Waals surface area contributed by atoms with E-state index in [0.717, 1.165) is 25.8 Å². The smallest absolute Gasteiger partial charge is 0.238 e. The maximum absolute atomic E-state index is 11.9. The van der Waals surface area contributed by atoms with Crippen molar-refractivity contribution in [3.8, 4) is 0 Å². The lowest BCUT2D eigenvalue weighted by Gasteiger charge is -2.22. The van der Waals surface area contributed by atoms with Gasteiger partial charge in [-0.3, -0.25) is 4.79 Å². The van der Waals surface area contributed by atoms with E-state index in [2.05, 4.69) is 10.6 Å². The molecule has 6 nitrogen and oxygen atoms in total. The highest BCUT2D eigenvalue weighted by molar-refractivity contribution is 7.89. The second-order valence-corrected chi connectivity index (χ2v) is 6.47. The Morgan fingerprint density at radius 1 is 1.40 bits per heavy atom. The number of piperidine rings is 1. The standard InChI is InChI=1S/C13H19N3O3S/c14-20(18,19)11-5-3-4-10(8-11)9-16-13(17)12-6-1-2-7-15-12/h3-5,8,12,15H,1-2,6-7,9H2,(H,16,17)(H2,14,18,19)/t12-/m1/s1. The van der Waals surface area contributed by atoms with Gasteiger partial charge in [0, 0.05) is 6.54 Å². The van der Waals surface area contributed by atoms with E-state index in [9.17, 15) is 13.2 Å². The van der Waals surface area contributed by atoms with Gasteiger partial charge in [-0.25, -0.2) is 13.6 Å². The molecule has 4 N–H and O–H groups in total. The van der Waals surface area contributed by atoms with Crippen LogP contribution in [0.2, 0.25) is 0 Å². The fraction of sp³-hybridized carbons (Fsp3) is 0.462. The van der Waals surface area contributed by atoms with Crippen molar-refractivity contribution in [2.75, 3.05) is 6.54 Å². The zero-order valence-electron chi connectivity index (χ0n) is 11.1. The maximum atomic E-state index is 11.9. The molecule has 1 fully saturated rings. The molecule has 0 radical (unpaired) electrons. The Labute approximate surface area is 118 Å². The Hall–Kier alpha value is -1.44. The zero-order valence-corrected chi connectivity index (χ0v) is 11.9. The van der Waals surface area contributed by atoms with Gasteiger partial charge in [-0.1, -0.05) is 18.6 Å². The molecule has 7 heteroatoms. The summed E-state index contributed by atoms with van der Waals surface area (Å²) < 4.78 is 22.5. The molecule has 110 valence electrons. The first kappa shape index (κ1) is 15.0. The molecule has 0 bridgehead atoms. The van der Waals surface area contributed by atoms with Crippen molar-refractivity contribution in [2.24, 2.45) is 5.14 Å². The first-order chi connectivity index (χ1) is 9.47. The summed E-state index contributed by atoms with van der Waals surface area (Å²) in [5.41, 5.74) is 0.709. The second-order valence-electron chi connectivity index (χ2n) is 4.91. The van der Waals surface area contributed by atoms with E-state index in [4.69, 9.17) is 5.14 Å². The summed E-state index contributed by atoms with van der Waals surface area (Å²) in [5.74, 6) is -0.0503. The summed E-state index contributed by atoms with van der Waals surface area (Å²) in [6, 6.07) is 6.13. The number of benzene rings is 1. The first-order valence-electron chi connectivity index (χ1n) is 6.59. The highest BCUT2D eigenvalue weighted by Crippen LogP contribution is 2.10. The predicted molar refractivity (Wildman–Crippen MR) is 75.3 cm³/mol. The number of primary sulfonamides is 1. The van der Waals surface area contributed by atoms with Crippen molar-refractivity contribution in [2.45, 2.75) is 36.7 Å². The number of sulfonamides is 1. The lowest BCUT2D eigenvalue weighted by molar-refractivity contribution is -0.123. The van der Waals surface area contributed by atoms with Crippen LogP contribution in [-0.2, 0) is 21.4 Å². The summed E-state index contributed by atoms with van der Waals surface area (Å²) >= 11 is 0. The van der Waals surface area contributed by atoms with Crippen molar-refractivity contribution in [3.05, 3.63) is 29.8 Å². The van der Waals surface area contributed by atoms with Crippen molar-refractivity contribution in [1.29, 1.82) is 0 Å². The van der Waals surface area contributed by atoms with Gasteiger partial charge in [-0.2, -0.15) is 0 Å². The molecule has 0 aromatic heterocycles. The Balaban J connectivity index is 1.95. The Bertz CT molecular complexity index is 580. The number of hydrogen-bond donors (Lipinski definition) is 3. The van der Waals surface area contributed by atoms with E-state index in [1.165, 1.54) is 12.1 Å². The fourth-order valence-corrected chi connectivity index (χ4v) is 2.80. The number of amides is 1. The van der Waals surface area contributed by atoms with E-state index in [0.29, 0.717) is 12.1 Å². The molecule has 1 aliphatic rings. The maximum Gasteiger partial charge on any atom is 0.238 e. The van der Waals surface area contributed by atoms with Crippen LogP contribution in [0.5, 0.6) is 0 Å². The number of nitrogens with one attached hydrogen (secondary N) is 2. The Kier molecular flexibility index (Phi) is 4.74. The molecule has 2 rings (SSSR count). The molecule has 1 atom stereocenters. The molecule has 0 unspecified atom stereocenters. The van der Waals surface area contributed by atoms with Gasteiger partial charge in [0.05, 0.1) is 10.9 Å². The fourth-order valence-electron chi connectivity index (χ4n) is 2.22. The van der Waals surface area contributed by atoms with Crippen LogP contribution >= 0.6 is 0 Å². The average molecular weight is 297 g/mol. The number of carbonyl (C=O) groups excluding carboxylic acids is 1. The van der Waals surface area contributed by atoms with Crippen LogP contribution in [0, 0.1) is 0 Å². The minimum atomic E-state index is -3.71. The minimum absolute atomic E-state index is 0.0503. The minimum Gasteiger partial charge on any atom is -0.351 e. The lowest BCUT2D eigenvalue weighted by atomic mass is 10.0. The third-order valence-electron chi connectivity index (χ3n) is 3.32. The predicted octanol–water partition coefficient (Wildman–Crippen LogP) is 0.0923. The molecule has 1 amide bonds. The summed E-state index contributed by atoms with van der Waals surface area (Å²) in [5, 5.41) is 11.0. The summed E-state index contributed by atoms with van der Waals surface area (Å²) in [4.78, 5) is 12.0. The average Bonchev–Trinajstić information content (AvgIpc) is 2.45. The first-order valence-corrected chi connectivity index (χ1v) is 8.14. The molecular formula is C13H19N3O3S. The van der Waals surface area contributed by atoms with Crippen LogP contribution < -0.4 is 15.8 Å². The number of rotatable bonds is 4. The van der Waals surface area contributed by atoms with Gasteiger partial charge < -0.3 is 10.6 Å². The van der Waals surface area contributed by atoms with Crippen LogP contribution in [0.4, 0.5) is 0 Å². The van der Waals surface area contributed by atoms with Crippen LogP contribution in [0.25, 0.3) is 0 Å². The van der Waals surface area contributed by atoms with E-state index >= 15 is 0 Å². The van der Waals surface area contributed by atoms with E-state index in [-0.39, 0.29) is 16.8 Å². The van der Waals surface area contributed by atoms with Gasteiger partial charge in [-0.15, -0.1) is 0 Å². The van der Waals surface area contributed by atoms with Crippen molar-refractivity contribution >= 4 is 15.9 Å². The monoisotopic (exact) mass is 297 g/mol. The van der Waals surface area contributed by atoms with Gasteiger partial charge in [-0.05, 0) is 37.1 Å². The quantitative estimate of drug-likeness (QED) is 0.733. The highest BCUT2D eigenvalue weighted by Gasteiger charge is 2.20. The van der Waals surface area contributed by atoms with Gasteiger partial charge in [0.2, 0.25) is 15.9 Å². The molecule has 0 saturated carbocycles. The van der Waals surface area contributed by atoms with Gasteiger partial charge in [0.15, 0.2) is 0 Å².